The minimum atomic E-state index is -2.93. The summed E-state index contributed by atoms with van der Waals surface area (Å²) in [5.41, 5.74) is 0.201. The highest BCUT2D eigenvalue weighted by atomic mass is 19.3. The lowest BCUT2D eigenvalue weighted by Gasteiger charge is -2.37. The number of carbonyl (C=O) groups excluding carboxylic acids is 1. The number of hydrogen-bond acceptors (Lipinski definition) is 3. The van der Waals surface area contributed by atoms with Gasteiger partial charge in [0.2, 0.25) is 0 Å². The van der Waals surface area contributed by atoms with E-state index in [4.69, 9.17) is 0 Å². The zero-order valence-electron chi connectivity index (χ0n) is 13.8. The van der Waals surface area contributed by atoms with Gasteiger partial charge in [0.05, 0.1) is 5.56 Å². The Labute approximate surface area is 136 Å². The minimum absolute atomic E-state index is 0.0590. The zero-order chi connectivity index (χ0) is 17.0. The number of alkyl halides is 2. The fourth-order valence-electron chi connectivity index (χ4n) is 3.02. The van der Waals surface area contributed by atoms with E-state index in [1.807, 2.05) is 0 Å². The normalized spacial score (nSPS) is 17.6. The van der Waals surface area contributed by atoms with Crippen molar-refractivity contribution in [3.05, 3.63) is 29.8 Å². The molecule has 1 saturated heterocycles. The lowest BCUT2D eigenvalue weighted by Crippen LogP contribution is -2.43. The third kappa shape index (κ3) is 4.41. The molecule has 1 atom stereocenters. The highest BCUT2D eigenvalue weighted by molar-refractivity contribution is 5.97. The molecule has 1 heterocycles. The molecule has 0 radical (unpaired) electrons. The SMILES string of the molecule is C[C@H](C1CCN(C(=O)c2ccccc2OC(F)F)CC1)N(C)C. The molecule has 1 fully saturated rings. The first kappa shape index (κ1) is 17.7. The summed E-state index contributed by atoms with van der Waals surface area (Å²) in [7, 11) is 4.11. The maximum Gasteiger partial charge on any atom is 0.387 e. The number of para-hydroxylation sites is 1. The van der Waals surface area contributed by atoms with Crippen molar-refractivity contribution in [1.82, 2.24) is 9.80 Å². The molecule has 0 aromatic heterocycles. The van der Waals surface area contributed by atoms with E-state index >= 15 is 0 Å². The molecule has 128 valence electrons. The third-order valence-electron chi connectivity index (χ3n) is 4.66. The van der Waals surface area contributed by atoms with Crippen LogP contribution in [0.2, 0.25) is 0 Å². The summed E-state index contributed by atoms with van der Waals surface area (Å²) in [6, 6.07) is 6.64. The van der Waals surface area contributed by atoms with Crippen molar-refractivity contribution < 1.29 is 18.3 Å². The first-order valence-corrected chi connectivity index (χ1v) is 7.89. The minimum Gasteiger partial charge on any atom is -0.434 e. The molecule has 1 aromatic rings. The van der Waals surface area contributed by atoms with Crippen LogP contribution >= 0.6 is 0 Å². The number of ether oxygens (including phenoxy) is 1. The molecule has 1 amide bonds. The summed E-state index contributed by atoms with van der Waals surface area (Å²) in [6.45, 7) is 0.541. The molecular formula is C17H24F2N2O2. The van der Waals surface area contributed by atoms with Gasteiger partial charge in [0.1, 0.15) is 5.75 Å². The first-order valence-electron chi connectivity index (χ1n) is 7.89. The van der Waals surface area contributed by atoms with Gasteiger partial charge in [-0.05, 0) is 51.9 Å². The van der Waals surface area contributed by atoms with Crippen molar-refractivity contribution in [2.45, 2.75) is 32.4 Å². The van der Waals surface area contributed by atoms with E-state index in [0.29, 0.717) is 25.0 Å². The van der Waals surface area contributed by atoms with Crippen molar-refractivity contribution in [2.24, 2.45) is 5.92 Å². The van der Waals surface area contributed by atoms with E-state index < -0.39 is 6.61 Å². The van der Waals surface area contributed by atoms with Crippen molar-refractivity contribution >= 4 is 5.91 Å². The van der Waals surface area contributed by atoms with Gasteiger partial charge in [0.25, 0.3) is 5.91 Å². The molecule has 4 nitrogen and oxygen atoms in total. The molecule has 0 saturated carbocycles. The molecule has 2 rings (SSSR count). The molecule has 1 aliphatic rings. The second-order valence-electron chi connectivity index (χ2n) is 6.21. The Balaban J connectivity index is 2.03. The summed E-state index contributed by atoms with van der Waals surface area (Å²) in [5, 5.41) is 0. The van der Waals surface area contributed by atoms with Gasteiger partial charge in [-0.2, -0.15) is 8.78 Å². The summed E-state index contributed by atoms with van der Waals surface area (Å²) in [6.07, 6.45) is 1.84. The number of rotatable bonds is 5. The predicted octanol–water partition coefficient (Wildman–Crippen LogP) is 3.09. The van der Waals surface area contributed by atoms with Crippen LogP contribution < -0.4 is 4.74 Å². The second-order valence-corrected chi connectivity index (χ2v) is 6.21. The van der Waals surface area contributed by atoms with Crippen LogP contribution in [-0.2, 0) is 0 Å². The van der Waals surface area contributed by atoms with Gasteiger partial charge >= 0.3 is 6.61 Å². The van der Waals surface area contributed by atoms with E-state index in [0.717, 1.165) is 12.8 Å². The van der Waals surface area contributed by atoms with E-state index in [-0.39, 0.29) is 17.2 Å². The van der Waals surface area contributed by atoms with E-state index in [1.54, 1.807) is 17.0 Å². The van der Waals surface area contributed by atoms with Gasteiger partial charge in [-0.3, -0.25) is 4.79 Å². The Bertz CT molecular complexity index is 529. The topological polar surface area (TPSA) is 32.8 Å². The number of piperidine rings is 1. The van der Waals surface area contributed by atoms with Crippen LogP contribution in [0.5, 0.6) is 5.75 Å². The molecule has 1 aliphatic heterocycles. The standard InChI is InChI=1S/C17H24F2N2O2/c1-12(20(2)3)13-8-10-21(11-9-13)16(22)14-6-4-5-7-15(14)23-17(18)19/h4-7,12-13,17H,8-11H2,1-3H3/t12-/m1/s1. The molecule has 0 aliphatic carbocycles. The summed E-state index contributed by atoms with van der Waals surface area (Å²) < 4.78 is 29.4. The van der Waals surface area contributed by atoms with E-state index in [2.05, 4.69) is 30.7 Å². The van der Waals surface area contributed by atoms with Crippen molar-refractivity contribution in [3.8, 4) is 5.75 Å². The first-order chi connectivity index (χ1) is 10.9. The maximum atomic E-state index is 12.6. The number of amides is 1. The summed E-state index contributed by atoms with van der Waals surface area (Å²) in [5.74, 6) is 0.245. The van der Waals surface area contributed by atoms with Crippen LogP contribution in [-0.4, -0.2) is 55.5 Å². The van der Waals surface area contributed by atoms with Crippen LogP contribution in [0.4, 0.5) is 8.78 Å². The monoisotopic (exact) mass is 326 g/mol. The van der Waals surface area contributed by atoms with Gasteiger partial charge in [-0.1, -0.05) is 12.1 Å². The van der Waals surface area contributed by atoms with Crippen LogP contribution in [0.1, 0.15) is 30.1 Å². The Hall–Kier alpha value is -1.69. The molecule has 1 aromatic carbocycles. The van der Waals surface area contributed by atoms with Gasteiger partial charge in [0.15, 0.2) is 0 Å². The highest BCUT2D eigenvalue weighted by Crippen LogP contribution is 2.27. The quantitative estimate of drug-likeness (QED) is 0.833. The average Bonchev–Trinajstić information content (AvgIpc) is 2.53. The van der Waals surface area contributed by atoms with E-state index in [9.17, 15) is 13.6 Å². The number of halogens is 2. The highest BCUT2D eigenvalue weighted by Gasteiger charge is 2.29. The van der Waals surface area contributed by atoms with Gasteiger partial charge in [-0.15, -0.1) is 0 Å². The molecule has 0 N–H and O–H groups in total. The molecule has 0 unspecified atom stereocenters. The predicted molar refractivity (Wildman–Crippen MR) is 84.9 cm³/mol. The maximum absolute atomic E-state index is 12.6. The summed E-state index contributed by atoms with van der Waals surface area (Å²) in [4.78, 5) is 16.5. The molecular weight excluding hydrogens is 302 g/mol. The number of carbonyl (C=O) groups is 1. The Morgan fingerprint density at radius 1 is 1.26 bits per heavy atom. The lowest BCUT2D eigenvalue weighted by molar-refractivity contribution is -0.0503. The smallest absolute Gasteiger partial charge is 0.387 e. The molecule has 0 spiro atoms. The largest absolute Gasteiger partial charge is 0.434 e. The average molecular weight is 326 g/mol. The van der Waals surface area contributed by atoms with Gasteiger partial charge < -0.3 is 14.5 Å². The number of benzene rings is 1. The number of hydrogen-bond donors (Lipinski definition) is 0. The molecule has 0 bridgehead atoms. The Morgan fingerprint density at radius 3 is 2.43 bits per heavy atom. The van der Waals surface area contributed by atoms with Gasteiger partial charge in [-0.25, -0.2) is 0 Å². The lowest BCUT2D eigenvalue weighted by atomic mass is 9.89. The molecule has 23 heavy (non-hydrogen) atoms. The van der Waals surface area contributed by atoms with Crippen LogP contribution in [0.25, 0.3) is 0 Å². The van der Waals surface area contributed by atoms with Crippen LogP contribution in [0.15, 0.2) is 24.3 Å². The fraction of sp³-hybridized carbons (Fsp3) is 0.588. The Kier molecular flexibility index (Phi) is 5.93. The molecule has 6 heteroatoms. The number of likely N-dealkylation sites (tertiary alicyclic amines) is 1. The number of nitrogens with zero attached hydrogens (tertiary/aromatic N) is 2. The van der Waals surface area contributed by atoms with Crippen molar-refractivity contribution in [2.75, 3.05) is 27.2 Å². The second kappa shape index (κ2) is 7.73. The fourth-order valence-corrected chi connectivity index (χ4v) is 3.02. The van der Waals surface area contributed by atoms with E-state index in [1.165, 1.54) is 12.1 Å². The third-order valence-corrected chi connectivity index (χ3v) is 4.66. The van der Waals surface area contributed by atoms with Crippen LogP contribution in [0, 0.1) is 5.92 Å². The zero-order valence-corrected chi connectivity index (χ0v) is 13.8. The van der Waals surface area contributed by atoms with Crippen molar-refractivity contribution in [1.29, 1.82) is 0 Å². The van der Waals surface area contributed by atoms with Crippen molar-refractivity contribution in [3.63, 3.8) is 0 Å². The van der Waals surface area contributed by atoms with Gasteiger partial charge in [0, 0.05) is 19.1 Å². The Morgan fingerprint density at radius 2 is 1.87 bits per heavy atom. The van der Waals surface area contributed by atoms with Crippen LogP contribution in [0.3, 0.4) is 0 Å². The summed E-state index contributed by atoms with van der Waals surface area (Å²) >= 11 is 0.